The van der Waals surface area contributed by atoms with E-state index in [1.54, 1.807) is 0 Å². The van der Waals surface area contributed by atoms with Crippen molar-refractivity contribution in [3.8, 4) is 0 Å². The molecule has 0 atom stereocenters. The Balaban J connectivity index is 2.86. The average molecular weight is 246 g/mol. The molecular weight excluding hydrogens is 239 g/mol. The van der Waals surface area contributed by atoms with Crippen molar-refractivity contribution < 1.29 is 13.2 Å². The van der Waals surface area contributed by atoms with Crippen molar-refractivity contribution in [2.45, 2.75) is 13.3 Å². The van der Waals surface area contributed by atoms with Crippen LogP contribution in [0.5, 0.6) is 0 Å². The van der Waals surface area contributed by atoms with Crippen LogP contribution in [-0.2, 0) is 6.42 Å². The summed E-state index contributed by atoms with van der Waals surface area (Å²) >= 11 is 5.80. The molecule has 1 heterocycles. The summed E-state index contributed by atoms with van der Waals surface area (Å²) in [6, 6.07) is 2.22. The van der Waals surface area contributed by atoms with Gasteiger partial charge in [0, 0.05) is 11.5 Å². The molecule has 0 spiro atoms. The largest absolute Gasteiger partial charge is 0.236 e. The maximum absolute atomic E-state index is 13.4. The van der Waals surface area contributed by atoms with Gasteiger partial charge >= 0.3 is 0 Å². The van der Waals surface area contributed by atoms with E-state index < -0.39 is 17.5 Å². The summed E-state index contributed by atoms with van der Waals surface area (Å²) in [6.07, 6.45) is 0.542. The summed E-state index contributed by atoms with van der Waals surface area (Å²) in [6.45, 7) is 1.81. The lowest BCUT2D eigenvalue weighted by atomic mass is 10.1. The molecule has 0 radical (unpaired) electrons. The average Bonchev–Trinajstić information content (AvgIpc) is 2.26. The summed E-state index contributed by atoms with van der Waals surface area (Å²) in [5.41, 5.74) is 0.609. The summed E-state index contributed by atoms with van der Waals surface area (Å²) in [7, 11) is 0. The molecule has 84 valence electrons. The molecular formula is C11H7ClF3N. The van der Waals surface area contributed by atoms with E-state index >= 15 is 0 Å². The zero-order valence-corrected chi connectivity index (χ0v) is 9.08. The fourth-order valence-electron chi connectivity index (χ4n) is 1.49. The lowest BCUT2D eigenvalue weighted by molar-refractivity contribution is 0.453. The Kier molecular flexibility index (Phi) is 2.76. The van der Waals surface area contributed by atoms with Gasteiger partial charge in [-0.15, -0.1) is 0 Å². The highest BCUT2D eigenvalue weighted by molar-refractivity contribution is 6.30. The van der Waals surface area contributed by atoms with Crippen LogP contribution in [0.2, 0.25) is 5.15 Å². The van der Waals surface area contributed by atoms with Crippen molar-refractivity contribution in [3.63, 3.8) is 0 Å². The molecule has 2 rings (SSSR count). The van der Waals surface area contributed by atoms with Crippen LogP contribution in [0.25, 0.3) is 10.9 Å². The predicted octanol–water partition coefficient (Wildman–Crippen LogP) is 3.87. The summed E-state index contributed by atoms with van der Waals surface area (Å²) in [5, 5.41) is 0.126. The van der Waals surface area contributed by atoms with Gasteiger partial charge in [-0.3, -0.25) is 0 Å². The Morgan fingerprint density at radius 1 is 1.19 bits per heavy atom. The molecule has 1 aromatic heterocycles. The zero-order chi connectivity index (χ0) is 11.9. The second kappa shape index (κ2) is 3.94. The van der Waals surface area contributed by atoms with Gasteiger partial charge in [0.1, 0.15) is 5.15 Å². The fourth-order valence-corrected chi connectivity index (χ4v) is 1.76. The van der Waals surface area contributed by atoms with Crippen LogP contribution in [0.4, 0.5) is 13.2 Å². The van der Waals surface area contributed by atoms with Crippen LogP contribution in [0.15, 0.2) is 12.1 Å². The number of pyridine rings is 1. The number of hydrogen-bond acceptors (Lipinski definition) is 1. The Morgan fingerprint density at radius 2 is 1.88 bits per heavy atom. The van der Waals surface area contributed by atoms with Gasteiger partial charge in [0.25, 0.3) is 0 Å². The van der Waals surface area contributed by atoms with Gasteiger partial charge in [-0.05, 0) is 18.1 Å². The molecule has 1 nitrogen and oxygen atoms in total. The molecule has 16 heavy (non-hydrogen) atoms. The van der Waals surface area contributed by atoms with E-state index in [4.69, 9.17) is 11.6 Å². The summed E-state index contributed by atoms with van der Waals surface area (Å²) in [4.78, 5) is 3.83. The van der Waals surface area contributed by atoms with E-state index in [0.717, 1.165) is 6.07 Å². The molecule has 5 heteroatoms. The fraction of sp³-hybridized carbons (Fsp3) is 0.182. The smallest absolute Gasteiger partial charge is 0.195 e. The van der Waals surface area contributed by atoms with E-state index in [1.807, 2.05) is 6.92 Å². The van der Waals surface area contributed by atoms with Crippen LogP contribution < -0.4 is 0 Å². The highest BCUT2D eigenvalue weighted by Gasteiger charge is 2.15. The number of benzene rings is 1. The number of aryl methyl sites for hydroxylation is 1. The molecule has 0 aliphatic heterocycles. The third kappa shape index (κ3) is 1.63. The number of fused-ring (bicyclic) bond motifs is 1. The summed E-state index contributed by atoms with van der Waals surface area (Å²) < 4.78 is 39.3. The van der Waals surface area contributed by atoms with Crippen LogP contribution in [-0.4, -0.2) is 4.98 Å². The van der Waals surface area contributed by atoms with Crippen molar-refractivity contribution >= 4 is 22.5 Å². The number of rotatable bonds is 1. The van der Waals surface area contributed by atoms with Gasteiger partial charge < -0.3 is 0 Å². The molecule has 0 fully saturated rings. The predicted molar refractivity (Wildman–Crippen MR) is 56.0 cm³/mol. The van der Waals surface area contributed by atoms with Crippen LogP contribution in [0, 0.1) is 17.5 Å². The van der Waals surface area contributed by atoms with E-state index in [1.165, 1.54) is 6.07 Å². The minimum Gasteiger partial charge on any atom is -0.236 e. The third-order valence-corrected chi connectivity index (χ3v) is 2.69. The highest BCUT2D eigenvalue weighted by atomic mass is 35.5. The van der Waals surface area contributed by atoms with Gasteiger partial charge in [-0.2, -0.15) is 0 Å². The standard InChI is InChI=1S/C11H7ClF3N/c1-2-5-3-6-8(16-11(5)12)4-7(13)10(15)9(6)14/h3-4H,2H2,1H3. The molecule has 2 aromatic rings. The topological polar surface area (TPSA) is 12.9 Å². The van der Waals surface area contributed by atoms with E-state index in [9.17, 15) is 13.2 Å². The minimum atomic E-state index is -1.49. The van der Waals surface area contributed by atoms with Crippen molar-refractivity contribution in [2.24, 2.45) is 0 Å². The lowest BCUT2D eigenvalue weighted by Crippen LogP contribution is -1.96. The Labute approximate surface area is 94.9 Å². The molecule has 1 aromatic carbocycles. The van der Waals surface area contributed by atoms with Gasteiger partial charge in [0.15, 0.2) is 17.5 Å². The molecule has 0 N–H and O–H groups in total. The van der Waals surface area contributed by atoms with E-state index in [2.05, 4.69) is 4.98 Å². The van der Waals surface area contributed by atoms with Crippen molar-refractivity contribution in [3.05, 3.63) is 40.3 Å². The van der Waals surface area contributed by atoms with Crippen molar-refractivity contribution in [1.82, 2.24) is 4.98 Å². The normalized spacial score (nSPS) is 11.1. The maximum atomic E-state index is 13.4. The molecule has 0 saturated carbocycles. The molecule has 0 unspecified atom stereocenters. The van der Waals surface area contributed by atoms with E-state index in [0.29, 0.717) is 12.0 Å². The van der Waals surface area contributed by atoms with Gasteiger partial charge in [0.05, 0.1) is 5.52 Å². The van der Waals surface area contributed by atoms with Gasteiger partial charge in [-0.1, -0.05) is 18.5 Å². The molecule has 0 amide bonds. The minimum absolute atomic E-state index is 0.0126. The van der Waals surface area contributed by atoms with Crippen LogP contribution in [0.1, 0.15) is 12.5 Å². The number of halogens is 4. The highest BCUT2D eigenvalue weighted by Crippen LogP contribution is 2.26. The van der Waals surface area contributed by atoms with Crippen LogP contribution >= 0.6 is 11.6 Å². The Hall–Kier alpha value is -1.29. The summed E-state index contributed by atoms with van der Waals surface area (Å²) in [5.74, 6) is -3.98. The molecule has 0 aliphatic rings. The first-order valence-corrected chi connectivity index (χ1v) is 5.05. The second-order valence-electron chi connectivity index (χ2n) is 3.34. The lowest BCUT2D eigenvalue weighted by Gasteiger charge is -2.05. The van der Waals surface area contributed by atoms with Gasteiger partial charge in [0.2, 0.25) is 0 Å². The molecule has 0 bridgehead atoms. The third-order valence-electron chi connectivity index (χ3n) is 2.36. The molecule has 0 aliphatic carbocycles. The first kappa shape index (κ1) is 11.2. The quantitative estimate of drug-likeness (QED) is 0.549. The zero-order valence-electron chi connectivity index (χ0n) is 8.32. The second-order valence-corrected chi connectivity index (χ2v) is 3.70. The van der Waals surface area contributed by atoms with E-state index in [-0.39, 0.29) is 16.1 Å². The Bertz CT molecular complexity index is 569. The van der Waals surface area contributed by atoms with Crippen molar-refractivity contribution in [2.75, 3.05) is 0 Å². The Morgan fingerprint density at radius 3 is 2.50 bits per heavy atom. The maximum Gasteiger partial charge on any atom is 0.195 e. The number of hydrogen-bond donors (Lipinski definition) is 0. The molecule has 0 saturated heterocycles. The first-order valence-electron chi connectivity index (χ1n) is 4.67. The number of nitrogens with zero attached hydrogens (tertiary/aromatic N) is 1. The SMILES string of the molecule is CCc1cc2c(F)c(F)c(F)cc2nc1Cl. The first-order chi connectivity index (χ1) is 7.54. The number of aromatic nitrogens is 1. The van der Waals surface area contributed by atoms with Crippen LogP contribution in [0.3, 0.4) is 0 Å². The van der Waals surface area contributed by atoms with Crippen molar-refractivity contribution in [1.29, 1.82) is 0 Å². The monoisotopic (exact) mass is 245 g/mol. The van der Waals surface area contributed by atoms with Gasteiger partial charge in [-0.25, -0.2) is 18.2 Å².